The maximum Gasteiger partial charge on any atom is 0.255 e. The summed E-state index contributed by atoms with van der Waals surface area (Å²) < 4.78 is 0. The van der Waals surface area contributed by atoms with Gasteiger partial charge in [-0.15, -0.1) is 0 Å². The Hall–Kier alpha value is -3.80. The summed E-state index contributed by atoms with van der Waals surface area (Å²) in [5.41, 5.74) is 1.27. The van der Waals surface area contributed by atoms with Gasteiger partial charge in [-0.2, -0.15) is 0 Å². The zero-order chi connectivity index (χ0) is 26.9. The number of phenols is 1. The lowest BCUT2D eigenvalue weighted by molar-refractivity contribution is -0.169. The molecule has 0 spiro atoms. The van der Waals surface area contributed by atoms with E-state index in [-0.39, 0.29) is 11.1 Å². The van der Waals surface area contributed by atoms with E-state index in [9.17, 15) is 44.7 Å². The molecule has 0 aromatic heterocycles. The van der Waals surface area contributed by atoms with Crippen molar-refractivity contribution < 1.29 is 44.7 Å². The molecule has 11 heteroatoms. The van der Waals surface area contributed by atoms with Crippen molar-refractivity contribution in [2.45, 2.75) is 30.6 Å². The van der Waals surface area contributed by atoms with Crippen LogP contribution >= 0.6 is 0 Å². The van der Waals surface area contributed by atoms with E-state index in [1.807, 2.05) is 0 Å². The maximum atomic E-state index is 13.9. The summed E-state index contributed by atoms with van der Waals surface area (Å²) in [6.45, 7) is 1.64. The van der Waals surface area contributed by atoms with E-state index in [0.29, 0.717) is 11.8 Å². The molecule has 3 aliphatic rings. The van der Waals surface area contributed by atoms with Gasteiger partial charge in [0.15, 0.2) is 11.4 Å². The molecule has 3 aliphatic carbocycles. The minimum absolute atomic E-state index is 0.140. The predicted molar refractivity (Wildman–Crippen MR) is 125 cm³/mol. The van der Waals surface area contributed by atoms with Gasteiger partial charge >= 0.3 is 0 Å². The van der Waals surface area contributed by atoms with Crippen LogP contribution in [0.3, 0.4) is 0 Å². The number of Topliss-reactive ketones (excluding diaryl/α,β-unsaturated/α-hetero) is 2. The number of aliphatic hydroxyl groups is 4. The van der Waals surface area contributed by atoms with Crippen molar-refractivity contribution in [2.75, 3.05) is 14.1 Å². The molecule has 0 aliphatic heterocycles. The van der Waals surface area contributed by atoms with Gasteiger partial charge in [-0.05, 0) is 37.7 Å². The smallest absolute Gasteiger partial charge is 0.255 e. The van der Waals surface area contributed by atoms with Crippen LogP contribution in [-0.4, -0.2) is 86.0 Å². The first-order valence-electron chi connectivity index (χ1n) is 11.1. The van der Waals surface area contributed by atoms with Gasteiger partial charge < -0.3 is 31.3 Å². The van der Waals surface area contributed by atoms with Crippen molar-refractivity contribution in [3.63, 3.8) is 0 Å². The third-order valence-corrected chi connectivity index (χ3v) is 7.52. The van der Waals surface area contributed by atoms with Crippen LogP contribution in [0.2, 0.25) is 0 Å². The fraction of sp³-hybridized carbons (Fsp3) is 0.360. The number of hydrogen-bond acceptors (Lipinski definition) is 10. The zero-order valence-corrected chi connectivity index (χ0v) is 19.7. The number of aldehydes is 1. The fourth-order valence-corrected chi connectivity index (χ4v) is 5.91. The molecule has 0 bridgehead atoms. The largest absolute Gasteiger partial charge is 0.508 e. The summed E-state index contributed by atoms with van der Waals surface area (Å²) in [4.78, 5) is 51.0. The van der Waals surface area contributed by atoms with Crippen LogP contribution in [0.4, 0.5) is 0 Å². The second-order valence-electron chi connectivity index (χ2n) is 9.51. The van der Waals surface area contributed by atoms with Crippen LogP contribution in [0, 0.1) is 11.8 Å². The van der Waals surface area contributed by atoms with Crippen molar-refractivity contribution in [1.82, 2.24) is 4.90 Å². The minimum Gasteiger partial charge on any atom is -0.508 e. The number of allylic oxidation sites excluding steroid dienone is 1. The van der Waals surface area contributed by atoms with Gasteiger partial charge in [0.1, 0.15) is 29.1 Å². The summed E-state index contributed by atoms with van der Waals surface area (Å²) in [6, 6.07) is 1.65. The molecule has 6 atom stereocenters. The average Bonchev–Trinajstić information content (AvgIpc) is 2.80. The predicted octanol–water partition coefficient (Wildman–Crippen LogP) is -0.292. The van der Waals surface area contributed by atoms with Gasteiger partial charge in [0, 0.05) is 17.1 Å². The van der Waals surface area contributed by atoms with Gasteiger partial charge in [-0.3, -0.25) is 24.1 Å². The number of ketones is 2. The number of amides is 1. The number of aliphatic hydroxyl groups excluding tert-OH is 3. The quantitative estimate of drug-likeness (QED) is 0.182. The van der Waals surface area contributed by atoms with Crippen molar-refractivity contribution in [3.05, 3.63) is 51.8 Å². The molecular formula is C25H26N2O9. The summed E-state index contributed by atoms with van der Waals surface area (Å²) in [5, 5.41) is 56.0. The molecule has 1 fully saturated rings. The molecule has 36 heavy (non-hydrogen) atoms. The number of nitrogens with zero attached hydrogens (tertiary/aromatic N) is 1. The first-order chi connectivity index (χ1) is 16.8. The normalized spacial score (nSPS) is 32.0. The second-order valence-corrected chi connectivity index (χ2v) is 9.51. The topological polar surface area (TPSA) is 199 Å². The first-order valence-corrected chi connectivity index (χ1v) is 11.1. The fourth-order valence-electron chi connectivity index (χ4n) is 5.91. The van der Waals surface area contributed by atoms with Crippen LogP contribution < -0.4 is 5.73 Å². The summed E-state index contributed by atoms with van der Waals surface area (Å²) in [7, 11) is 2.88. The SMILES string of the molecule is CC1c2ccc(C=CC=O)c(O)c2C(O)=C2C(=O)C3(O)C(O)=C(C(N)=O)C(=O)[C@@H](N(C)C)C3C(O)C21. The van der Waals surface area contributed by atoms with E-state index in [2.05, 4.69) is 0 Å². The Bertz CT molecular complexity index is 1310. The number of benzene rings is 1. The second kappa shape index (κ2) is 8.40. The van der Waals surface area contributed by atoms with E-state index in [1.54, 1.807) is 13.0 Å². The number of phenolic OH excluding ortho intramolecular Hbond substituents is 1. The summed E-state index contributed by atoms with van der Waals surface area (Å²) in [5.74, 6) is -9.49. The van der Waals surface area contributed by atoms with Crippen molar-refractivity contribution >= 4 is 35.6 Å². The standard InChI is InChI=1S/C25H26N2O9/c1-9-11-7-6-10(5-4-8-28)18(29)13(11)19(30)14-12(9)20(31)16-17(27(2)3)21(32)15(24(26)35)23(34)25(16,36)22(14)33/h4-9,12,16-17,20,29-31,34,36H,1-3H3,(H2,26,35)/t9?,12?,16?,17-,20?,25?/m0/s1. The van der Waals surface area contributed by atoms with Gasteiger partial charge in [0.2, 0.25) is 5.78 Å². The molecule has 11 nitrogen and oxygen atoms in total. The Morgan fingerprint density at radius 3 is 2.36 bits per heavy atom. The molecule has 0 radical (unpaired) electrons. The highest BCUT2D eigenvalue weighted by Gasteiger charge is 2.68. The molecular weight excluding hydrogens is 472 g/mol. The Kier molecular flexibility index (Phi) is 5.90. The number of nitrogens with two attached hydrogens (primary N) is 1. The van der Waals surface area contributed by atoms with Crippen molar-refractivity contribution in [3.8, 4) is 5.75 Å². The monoisotopic (exact) mass is 498 g/mol. The molecule has 1 aromatic rings. The average molecular weight is 498 g/mol. The number of aromatic hydroxyl groups is 1. The zero-order valence-electron chi connectivity index (χ0n) is 19.7. The van der Waals surface area contributed by atoms with Gasteiger partial charge in [0.05, 0.1) is 23.6 Å². The van der Waals surface area contributed by atoms with Gasteiger partial charge in [0.25, 0.3) is 5.91 Å². The van der Waals surface area contributed by atoms with Crippen LogP contribution in [0.5, 0.6) is 5.75 Å². The van der Waals surface area contributed by atoms with Crippen LogP contribution in [0.15, 0.2) is 35.1 Å². The highest BCUT2D eigenvalue weighted by atomic mass is 16.4. The number of likely N-dealkylation sites (N-methyl/N-ethyl adjacent to an activating group) is 1. The highest BCUT2D eigenvalue weighted by Crippen LogP contribution is 2.56. The van der Waals surface area contributed by atoms with E-state index in [1.165, 1.54) is 31.1 Å². The molecule has 1 aromatic carbocycles. The van der Waals surface area contributed by atoms with E-state index >= 15 is 0 Å². The summed E-state index contributed by atoms with van der Waals surface area (Å²) >= 11 is 0. The Labute approximate surface area is 205 Å². The molecule has 0 saturated heterocycles. The lowest BCUT2D eigenvalue weighted by Crippen LogP contribution is -2.70. The number of primary amides is 1. The summed E-state index contributed by atoms with van der Waals surface area (Å²) in [6.07, 6.45) is 1.25. The van der Waals surface area contributed by atoms with Crippen molar-refractivity contribution in [2.24, 2.45) is 17.6 Å². The van der Waals surface area contributed by atoms with Crippen LogP contribution in [-0.2, 0) is 19.2 Å². The van der Waals surface area contributed by atoms with Crippen LogP contribution in [0.25, 0.3) is 11.8 Å². The lowest BCUT2D eigenvalue weighted by Gasteiger charge is -2.53. The van der Waals surface area contributed by atoms with Crippen LogP contribution in [0.1, 0.15) is 29.5 Å². The lowest BCUT2D eigenvalue weighted by atomic mass is 9.54. The Morgan fingerprint density at radius 2 is 1.81 bits per heavy atom. The molecule has 5 unspecified atom stereocenters. The number of rotatable bonds is 4. The molecule has 7 N–H and O–H groups in total. The van der Waals surface area contributed by atoms with Gasteiger partial charge in [-0.25, -0.2) is 0 Å². The number of carbonyl (C=O) groups excluding carboxylic acids is 4. The minimum atomic E-state index is -2.96. The van der Waals surface area contributed by atoms with Gasteiger partial charge in [-0.1, -0.05) is 19.1 Å². The molecule has 1 amide bonds. The number of fused-ring (bicyclic) bond motifs is 3. The number of hydrogen-bond donors (Lipinski definition) is 6. The van der Waals surface area contributed by atoms with Crippen molar-refractivity contribution in [1.29, 1.82) is 0 Å². The van der Waals surface area contributed by atoms with E-state index < -0.39 is 81.4 Å². The first kappa shape index (κ1) is 25.3. The molecule has 0 heterocycles. The van der Waals surface area contributed by atoms with E-state index in [4.69, 9.17) is 5.73 Å². The Morgan fingerprint density at radius 1 is 1.17 bits per heavy atom. The van der Waals surface area contributed by atoms with E-state index in [0.717, 1.165) is 6.08 Å². The molecule has 190 valence electrons. The number of carbonyl (C=O) groups is 4. The maximum absolute atomic E-state index is 13.9. The molecule has 1 saturated carbocycles. The third kappa shape index (κ3) is 3.10. The third-order valence-electron chi connectivity index (χ3n) is 7.52. The highest BCUT2D eigenvalue weighted by molar-refractivity contribution is 6.24. The molecule has 4 rings (SSSR count). The Balaban J connectivity index is 2.04.